The topological polar surface area (TPSA) is 62.5 Å². The van der Waals surface area contributed by atoms with Gasteiger partial charge in [0.05, 0.1) is 12.3 Å². The van der Waals surface area contributed by atoms with Gasteiger partial charge >= 0.3 is 6.43 Å². The molecule has 4 rings (SSSR count). The molecule has 158 valence electrons. The van der Waals surface area contributed by atoms with Crippen molar-refractivity contribution in [2.24, 2.45) is 0 Å². The largest absolute Gasteiger partial charge is 0.415 e. The Morgan fingerprint density at radius 2 is 1.80 bits per heavy atom. The zero-order chi connectivity index (χ0) is 20.9. The van der Waals surface area contributed by atoms with Crippen molar-refractivity contribution in [3.05, 3.63) is 66.1 Å². The van der Waals surface area contributed by atoms with Crippen LogP contribution in [0.4, 0.5) is 14.5 Å². The molecule has 30 heavy (non-hydrogen) atoms. The zero-order valence-electron chi connectivity index (χ0n) is 16.3. The highest BCUT2D eigenvalue weighted by molar-refractivity contribution is 7.86. The van der Waals surface area contributed by atoms with Gasteiger partial charge in [0.1, 0.15) is 11.0 Å². The second kappa shape index (κ2) is 9.44. The summed E-state index contributed by atoms with van der Waals surface area (Å²) < 4.78 is 45.2. The molecule has 6 nitrogen and oxygen atoms in total. The lowest BCUT2D eigenvalue weighted by atomic mass is 10.1. The van der Waals surface area contributed by atoms with E-state index in [4.69, 9.17) is 4.42 Å². The van der Waals surface area contributed by atoms with Crippen molar-refractivity contribution >= 4 is 16.7 Å². The van der Waals surface area contributed by atoms with Crippen molar-refractivity contribution in [2.75, 3.05) is 29.7 Å². The molecule has 0 saturated carbocycles. The summed E-state index contributed by atoms with van der Waals surface area (Å²) >= 11 is 0. The van der Waals surface area contributed by atoms with E-state index in [1.807, 2.05) is 46.8 Å². The van der Waals surface area contributed by atoms with Gasteiger partial charge in [0.25, 0.3) is 5.89 Å². The van der Waals surface area contributed by atoms with Gasteiger partial charge in [0.15, 0.2) is 0 Å². The van der Waals surface area contributed by atoms with Gasteiger partial charge in [-0.05, 0) is 49.3 Å². The molecule has 1 fully saturated rings. The molecule has 0 bridgehead atoms. The van der Waals surface area contributed by atoms with Crippen LogP contribution in [-0.4, -0.2) is 44.7 Å². The summed E-state index contributed by atoms with van der Waals surface area (Å²) in [6.07, 6.45) is -1.59. The van der Waals surface area contributed by atoms with Crippen molar-refractivity contribution in [2.45, 2.75) is 19.4 Å². The average molecular weight is 432 g/mol. The quantitative estimate of drug-likeness (QED) is 0.511. The minimum atomic E-state index is -2.80. The Labute approximate surface area is 176 Å². The van der Waals surface area contributed by atoms with Crippen LogP contribution in [0.15, 0.2) is 59.0 Å². The van der Waals surface area contributed by atoms with Crippen molar-refractivity contribution in [1.82, 2.24) is 15.1 Å². The minimum Gasteiger partial charge on any atom is -0.415 e. The monoisotopic (exact) mass is 432 g/mol. The lowest BCUT2D eigenvalue weighted by Crippen LogP contribution is -2.41. The fraction of sp³-hybridized carbons (Fsp3) is 0.333. The predicted octanol–water partition coefficient (Wildman–Crippen LogP) is 4.05. The summed E-state index contributed by atoms with van der Waals surface area (Å²) in [5, 5.41) is 7.02. The Bertz CT molecular complexity index is 978. The molecule has 1 saturated heterocycles. The number of anilines is 1. The lowest BCUT2D eigenvalue weighted by molar-refractivity contribution is 0.116. The van der Waals surface area contributed by atoms with Crippen molar-refractivity contribution < 1.29 is 17.4 Å². The summed E-state index contributed by atoms with van der Waals surface area (Å²) in [7, 11) is -1.17. The summed E-state index contributed by atoms with van der Waals surface area (Å²) in [6.45, 7) is 3.43. The molecule has 3 aromatic rings. The van der Waals surface area contributed by atoms with Crippen molar-refractivity contribution in [1.29, 1.82) is 0 Å². The standard InChI is InChI=1S/C21H22F2N4O2S/c22-19(23)21-25-24-20(29-21)17-9-7-16(8-10-17)15-27(18-5-2-1-3-6-18)30(28)14-13-26-11-4-12-26/h1-3,5-10,19H,4,11-15H2. The van der Waals surface area contributed by atoms with E-state index in [1.165, 1.54) is 6.42 Å². The zero-order valence-corrected chi connectivity index (χ0v) is 17.1. The number of halogens is 2. The van der Waals surface area contributed by atoms with Crippen LogP contribution in [0.25, 0.3) is 11.5 Å². The second-order valence-corrected chi connectivity index (χ2v) is 8.53. The molecule has 0 amide bonds. The fourth-order valence-corrected chi connectivity index (χ4v) is 4.44. The minimum absolute atomic E-state index is 0.0508. The van der Waals surface area contributed by atoms with Crippen LogP contribution < -0.4 is 4.31 Å². The molecule has 0 spiro atoms. The predicted molar refractivity (Wildman–Crippen MR) is 111 cm³/mol. The molecule has 1 aliphatic rings. The van der Waals surface area contributed by atoms with Crippen molar-refractivity contribution in [3.8, 4) is 11.5 Å². The van der Waals surface area contributed by atoms with E-state index in [-0.39, 0.29) is 5.89 Å². The van der Waals surface area contributed by atoms with E-state index in [2.05, 4.69) is 15.1 Å². The first kappa shape index (κ1) is 20.6. The van der Waals surface area contributed by atoms with E-state index >= 15 is 0 Å². The summed E-state index contributed by atoms with van der Waals surface area (Å²) in [6, 6.07) is 16.9. The Morgan fingerprint density at radius 1 is 1.07 bits per heavy atom. The Balaban J connectivity index is 1.48. The average Bonchev–Trinajstić information content (AvgIpc) is 3.22. The van der Waals surface area contributed by atoms with Gasteiger partial charge in [0.2, 0.25) is 5.89 Å². The first-order valence-corrected chi connectivity index (χ1v) is 11.0. The highest BCUT2D eigenvalue weighted by atomic mass is 32.2. The van der Waals surface area contributed by atoms with Gasteiger partial charge in [-0.25, -0.2) is 4.21 Å². The van der Waals surface area contributed by atoms with E-state index in [1.54, 1.807) is 12.1 Å². The maximum Gasteiger partial charge on any atom is 0.314 e. The third kappa shape index (κ3) is 4.91. The van der Waals surface area contributed by atoms with Crippen LogP contribution in [0.5, 0.6) is 0 Å². The van der Waals surface area contributed by atoms with E-state index in [0.29, 0.717) is 17.9 Å². The van der Waals surface area contributed by atoms with E-state index in [0.717, 1.165) is 30.9 Å². The maximum atomic E-state index is 13.1. The first-order valence-electron chi connectivity index (χ1n) is 9.74. The number of rotatable bonds is 9. The molecule has 2 heterocycles. The summed E-state index contributed by atoms with van der Waals surface area (Å²) in [5.74, 6) is -0.0671. The Kier molecular flexibility index (Phi) is 6.49. The number of hydrogen-bond acceptors (Lipinski definition) is 5. The fourth-order valence-electron chi connectivity index (χ4n) is 3.16. The number of hydrogen-bond donors (Lipinski definition) is 0. The number of benzene rings is 2. The van der Waals surface area contributed by atoms with Crippen LogP contribution in [0, 0.1) is 0 Å². The third-order valence-electron chi connectivity index (χ3n) is 4.98. The Hall–Kier alpha value is -2.65. The van der Waals surface area contributed by atoms with Crippen LogP contribution >= 0.6 is 0 Å². The maximum absolute atomic E-state index is 13.1. The van der Waals surface area contributed by atoms with Gasteiger partial charge in [-0.2, -0.15) is 8.78 Å². The van der Waals surface area contributed by atoms with Crippen LogP contribution in [0.3, 0.4) is 0 Å². The van der Waals surface area contributed by atoms with E-state index in [9.17, 15) is 13.0 Å². The molecule has 2 aromatic carbocycles. The van der Waals surface area contributed by atoms with Crippen LogP contribution in [-0.2, 0) is 17.5 Å². The normalized spacial score (nSPS) is 15.2. The third-order valence-corrected chi connectivity index (χ3v) is 6.34. The second-order valence-electron chi connectivity index (χ2n) is 7.04. The van der Waals surface area contributed by atoms with Gasteiger partial charge in [-0.15, -0.1) is 10.2 Å². The number of para-hydroxylation sites is 1. The first-order chi connectivity index (χ1) is 14.6. The molecule has 9 heteroatoms. The molecule has 0 radical (unpaired) electrons. The molecule has 0 aliphatic carbocycles. The highest BCUT2D eigenvalue weighted by Gasteiger charge is 2.20. The smallest absolute Gasteiger partial charge is 0.314 e. The van der Waals surface area contributed by atoms with Gasteiger partial charge in [-0.3, -0.25) is 4.31 Å². The van der Waals surface area contributed by atoms with E-state index < -0.39 is 23.3 Å². The van der Waals surface area contributed by atoms with Gasteiger partial charge < -0.3 is 9.32 Å². The van der Waals surface area contributed by atoms with Gasteiger partial charge in [0, 0.05) is 17.8 Å². The summed E-state index contributed by atoms with van der Waals surface area (Å²) in [4.78, 5) is 2.30. The molecule has 1 aliphatic heterocycles. The van der Waals surface area contributed by atoms with Crippen molar-refractivity contribution in [3.63, 3.8) is 0 Å². The lowest BCUT2D eigenvalue weighted by Gasteiger charge is -2.31. The molecule has 1 aromatic heterocycles. The SMILES string of the molecule is O=S(CCN1CCC1)N(Cc1ccc(-c2nnc(C(F)F)o2)cc1)c1ccccc1. The number of nitrogens with zero attached hydrogens (tertiary/aromatic N) is 4. The van der Waals surface area contributed by atoms with Crippen LogP contribution in [0.2, 0.25) is 0 Å². The van der Waals surface area contributed by atoms with Crippen LogP contribution in [0.1, 0.15) is 24.3 Å². The number of alkyl halides is 2. The molecule has 1 atom stereocenters. The molecular weight excluding hydrogens is 410 g/mol. The molecule has 0 N–H and O–H groups in total. The van der Waals surface area contributed by atoms with Gasteiger partial charge in [-0.1, -0.05) is 30.3 Å². The number of likely N-dealkylation sites (tertiary alicyclic amines) is 1. The molecule has 1 unspecified atom stereocenters. The Morgan fingerprint density at radius 3 is 2.40 bits per heavy atom. The highest BCUT2D eigenvalue weighted by Crippen LogP contribution is 2.25. The molecular formula is C21H22F2N4O2S. The summed E-state index contributed by atoms with van der Waals surface area (Å²) in [5.41, 5.74) is 2.39. The number of aromatic nitrogens is 2.